The molecule has 74 valence electrons. The lowest BCUT2D eigenvalue weighted by molar-refractivity contribution is -0.135. The van der Waals surface area contributed by atoms with Gasteiger partial charge in [0.1, 0.15) is 4.48 Å². The van der Waals surface area contributed by atoms with Gasteiger partial charge < -0.3 is 10.2 Å². The van der Waals surface area contributed by atoms with Crippen LogP contribution in [0.1, 0.15) is 26.2 Å². The largest absolute Gasteiger partial charge is 0.478 e. The lowest BCUT2D eigenvalue weighted by Crippen LogP contribution is -2.07. The Morgan fingerprint density at radius 3 is 2.08 bits per heavy atom. The third-order valence-corrected chi connectivity index (χ3v) is 2.31. The van der Waals surface area contributed by atoms with Crippen LogP contribution < -0.4 is 0 Å². The van der Waals surface area contributed by atoms with Crippen LogP contribution in [0.4, 0.5) is 0 Å². The van der Waals surface area contributed by atoms with E-state index in [0.29, 0.717) is 6.42 Å². The summed E-state index contributed by atoms with van der Waals surface area (Å²) in [6, 6.07) is 0. The van der Waals surface area contributed by atoms with Crippen LogP contribution in [0.15, 0.2) is 10.1 Å². The van der Waals surface area contributed by atoms with Crippen molar-refractivity contribution in [2.24, 2.45) is 0 Å². The van der Waals surface area contributed by atoms with Crippen LogP contribution in [-0.2, 0) is 9.59 Å². The van der Waals surface area contributed by atoms with Gasteiger partial charge in [-0.25, -0.2) is 9.59 Å². The zero-order valence-electron chi connectivity index (χ0n) is 7.21. The third kappa shape index (κ3) is 4.07. The first-order valence-electron chi connectivity index (χ1n) is 3.86. The summed E-state index contributed by atoms with van der Waals surface area (Å²) >= 11 is 2.74. The van der Waals surface area contributed by atoms with Crippen molar-refractivity contribution in [2.75, 3.05) is 0 Å². The molecule has 0 aromatic rings. The molecule has 0 fully saturated rings. The number of hydrogen-bond acceptors (Lipinski definition) is 2. The molecule has 0 aliphatic rings. The normalized spacial score (nSPS) is 12.2. The Morgan fingerprint density at radius 2 is 1.77 bits per heavy atom. The molecule has 0 aliphatic carbocycles. The Hall–Kier alpha value is -0.840. The number of aliphatic carboxylic acids is 2. The number of unbranched alkanes of at least 4 members (excludes halogenated alkanes) is 1. The van der Waals surface area contributed by atoms with Crippen LogP contribution in [0.5, 0.6) is 0 Å². The SMILES string of the molecule is CCCCC(C(=O)O)=C(Br)C(=O)O. The summed E-state index contributed by atoms with van der Waals surface area (Å²) in [5.41, 5.74) is -0.0747. The molecule has 0 atom stereocenters. The predicted molar refractivity (Wildman–Crippen MR) is 50.7 cm³/mol. The first kappa shape index (κ1) is 12.2. The van der Waals surface area contributed by atoms with Crippen molar-refractivity contribution in [3.63, 3.8) is 0 Å². The number of rotatable bonds is 5. The lowest BCUT2D eigenvalue weighted by atomic mass is 10.1. The van der Waals surface area contributed by atoms with Crippen molar-refractivity contribution in [2.45, 2.75) is 26.2 Å². The van der Waals surface area contributed by atoms with Crippen LogP contribution in [-0.4, -0.2) is 22.2 Å². The molecule has 0 aromatic carbocycles. The minimum atomic E-state index is -1.24. The maximum absolute atomic E-state index is 10.6. The molecule has 0 rings (SSSR count). The second-order valence-corrected chi connectivity index (χ2v) is 3.30. The van der Waals surface area contributed by atoms with Crippen molar-refractivity contribution in [1.82, 2.24) is 0 Å². The summed E-state index contributed by atoms with van der Waals surface area (Å²) in [5.74, 6) is -2.42. The standard InChI is InChI=1S/C8H11BrO4/c1-2-3-4-5(7(10)11)6(9)8(12)13/h2-4H2,1H3,(H,10,11)(H,12,13). The van der Waals surface area contributed by atoms with E-state index in [1.807, 2.05) is 6.92 Å². The summed E-state index contributed by atoms with van der Waals surface area (Å²) in [4.78, 5) is 21.0. The van der Waals surface area contributed by atoms with Crippen LogP contribution in [0.2, 0.25) is 0 Å². The summed E-state index contributed by atoms with van der Waals surface area (Å²) in [7, 11) is 0. The molecule has 4 nitrogen and oxygen atoms in total. The molecule has 0 saturated heterocycles. The Bertz CT molecular complexity index is 245. The quantitative estimate of drug-likeness (QED) is 0.732. The number of hydrogen-bond donors (Lipinski definition) is 2. The number of halogens is 1. The van der Waals surface area contributed by atoms with Crippen molar-refractivity contribution in [3.05, 3.63) is 10.1 Å². The Kier molecular flexibility index (Phi) is 5.37. The van der Waals surface area contributed by atoms with E-state index in [9.17, 15) is 9.59 Å². The molecular formula is C8H11BrO4. The zero-order valence-corrected chi connectivity index (χ0v) is 8.80. The molecule has 0 heterocycles. The van der Waals surface area contributed by atoms with E-state index in [2.05, 4.69) is 15.9 Å². The predicted octanol–water partition coefficient (Wildman–Crippen LogP) is 1.99. The summed E-state index contributed by atoms with van der Waals surface area (Å²) in [6.45, 7) is 1.91. The molecule has 2 N–H and O–H groups in total. The Labute approximate surface area is 84.4 Å². The number of carbonyl (C=O) groups is 2. The lowest BCUT2D eigenvalue weighted by Gasteiger charge is -2.01. The molecule has 0 aliphatic heterocycles. The second-order valence-electron chi connectivity index (χ2n) is 2.51. The van der Waals surface area contributed by atoms with Gasteiger partial charge in [0, 0.05) is 0 Å². The average Bonchev–Trinajstić information content (AvgIpc) is 2.04. The molecule has 13 heavy (non-hydrogen) atoms. The topological polar surface area (TPSA) is 74.6 Å². The van der Waals surface area contributed by atoms with Gasteiger partial charge in [-0.2, -0.15) is 0 Å². The van der Waals surface area contributed by atoms with Gasteiger partial charge in [0.25, 0.3) is 0 Å². The van der Waals surface area contributed by atoms with Gasteiger partial charge in [-0.05, 0) is 28.8 Å². The van der Waals surface area contributed by atoms with E-state index in [1.165, 1.54) is 0 Å². The minimum Gasteiger partial charge on any atom is -0.478 e. The second kappa shape index (κ2) is 5.75. The van der Waals surface area contributed by atoms with E-state index in [4.69, 9.17) is 10.2 Å². The maximum atomic E-state index is 10.6. The highest BCUT2D eigenvalue weighted by Gasteiger charge is 2.16. The first-order valence-corrected chi connectivity index (χ1v) is 4.65. The van der Waals surface area contributed by atoms with E-state index in [1.54, 1.807) is 0 Å². The smallest absolute Gasteiger partial charge is 0.343 e. The molecule has 0 aromatic heterocycles. The summed E-state index contributed by atoms with van der Waals surface area (Å²) in [6.07, 6.45) is 1.78. The highest BCUT2D eigenvalue weighted by atomic mass is 79.9. The van der Waals surface area contributed by atoms with Crippen molar-refractivity contribution in [3.8, 4) is 0 Å². The van der Waals surface area contributed by atoms with Crippen molar-refractivity contribution in [1.29, 1.82) is 0 Å². The van der Waals surface area contributed by atoms with E-state index in [0.717, 1.165) is 6.42 Å². The number of carboxylic acid groups (broad SMARTS) is 2. The molecule has 5 heteroatoms. The van der Waals surface area contributed by atoms with Gasteiger partial charge in [0.05, 0.1) is 5.57 Å². The van der Waals surface area contributed by atoms with Gasteiger partial charge in [-0.15, -0.1) is 0 Å². The molecule has 0 bridgehead atoms. The molecule has 0 radical (unpaired) electrons. The van der Waals surface area contributed by atoms with Gasteiger partial charge in [0.2, 0.25) is 0 Å². The maximum Gasteiger partial charge on any atom is 0.343 e. The van der Waals surface area contributed by atoms with E-state index < -0.39 is 11.9 Å². The fraction of sp³-hybridized carbons (Fsp3) is 0.500. The third-order valence-electron chi connectivity index (χ3n) is 1.49. The fourth-order valence-corrected chi connectivity index (χ4v) is 1.16. The Balaban J connectivity index is 4.67. The molecule has 0 saturated carbocycles. The van der Waals surface area contributed by atoms with Crippen molar-refractivity contribution < 1.29 is 19.8 Å². The molecule has 0 spiro atoms. The fourth-order valence-electron chi connectivity index (χ4n) is 0.793. The van der Waals surface area contributed by atoms with E-state index in [-0.39, 0.29) is 16.5 Å². The average molecular weight is 251 g/mol. The van der Waals surface area contributed by atoms with Crippen LogP contribution >= 0.6 is 15.9 Å². The van der Waals surface area contributed by atoms with Gasteiger partial charge in [-0.1, -0.05) is 13.3 Å². The summed E-state index contributed by atoms with van der Waals surface area (Å²) in [5, 5.41) is 17.2. The van der Waals surface area contributed by atoms with Crippen LogP contribution in [0.25, 0.3) is 0 Å². The van der Waals surface area contributed by atoms with E-state index >= 15 is 0 Å². The summed E-state index contributed by atoms with van der Waals surface area (Å²) < 4.78 is -0.256. The molecule has 0 unspecified atom stereocenters. The monoisotopic (exact) mass is 250 g/mol. The minimum absolute atomic E-state index is 0.0747. The molecular weight excluding hydrogens is 240 g/mol. The highest BCUT2D eigenvalue weighted by Crippen LogP contribution is 2.18. The Morgan fingerprint density at radius 1 is 1.23 bits per heavy atom. The van der Waals surface area contributed by atoms with Crippen LogP contribution in [0.3, 0.4) is 0 Å². The zero-order chi connectivity index (χ0) is 10.4. The highest BCUT2D eigenvalue weighted by molar-refractivity contribution is 9.12. The first-order chi connectivity index (χ1) is 6.00. The molecule has 0 amide bonds. The van der Waals surface area contributed by atoms with Gasteiger partial charge >= 0.3 is 11.9 Å². The number of carboxylic acids is 2. The van der Waals surface area contributed by atoms with Crippen LogP contribution in [0, 0.1) is 0 Å². The van der Waals surface area contributed by atoms with Crippen molar-refractivity contribution >= 4 is 27.9 Å². The van der Waals surface area contributed by atoms with Gasteiger partial charge in [0.15, 0.2) is 0 Å². The van der Waals surface area contributed by atoms with Gasteiger partial charge in [-0.3, -0.25) is 0 Å².